The summed E-state index contributed by atoms with van der Waals surface area (Å²) in [5.74, 6) is 0.584. The molecule has 2 heteroatoms. The highest BCUT2D eigenvalue weighted by atomic mass is 16.5. The van der Waals surface area contributed by atoms with Crippen molar-refractivity contribution in [1.82, 2.24) is 0 Å². The molecule has 1 atom stereocenters. The molecule has 2 N–H and O–H groups in total. The van der Waals surface area contributed by atoms with E-state index in [0.717, 1.165) is 32.5 Å². The third kappa shape index (κ3) is 3.30. The van der Waals surface area contributed by atoms with E-state index < -0.39 is 0 Å². The van der Waals surface area contributed by atoms with Crippen LogP contribution in [0.3, 0.4) is 0 Å². The van der Waals surface area contributed by atoms with Crippen LogP contribution in [0, 0.1) is 5.92 Å². The highest BCUT2D eigenvalue weighted by Crippen LogP contribution is 2.28. The van der Waals surface area contributed by atoms with Gasteiger partial charge in [-0.2, -0.15) is 0 Å². The molecule has 0 amide bonds. The standard InChI is InChI=1S/C15H23NO/c1-2-3-12-4-6-13(7-5-12)15(16)14-8-10-17-11-9-14/h4-7,14-15H,2-3,8-11,16H2,1H3. The monoisotopic (exact) mass is 233 g/mol. The van der Waals surface area contributed by atoms with E-state index in [9.17, 15) is 0 Å². The Labute approximate surface area is 104 Å². The number of nitrogens with two attached hydrogens (primary N) is 1. The van der Waals surface area contributed by atoms with E-state index in [-0.39, 0.29) is 6.04 Å². The Hall–Kier alpha value is -0.860. The Balaban J connectivity index is 2.00. The lowest BCUT2D eigenvalue weighted by atomic mass is 9.87. The second kappa shape index (κ2) is 6.18. The van der Waals surface area contributed by atoms with Gasteiger partial charge in [-0.3, -0.25) is 0 Å². The third-order valence-corrected chi connectivity index (χ3v) is 3.68. The number of rotatable bonds is 4. The van der Waals surface area contributed by atoms with Gasteiger partial charge in [0.1, 0.15) is 0 Å². The molecule has 1 fully saturated rings. The van der Waals surface area contributed by atoms with E-state index in [4.69, 9.17) is 10.5 Å². The lowest BCUT2D eigenvalue weighted by molar-refractivity contribution is 0.0584. The molecule has 1 aliphatic heterocycles. The minimum Gasteiger partial charge on any atom is -0.381 e. The van der Waals surface area contributed by atoms with Crippen LogP contribution in [0.1, 0.15) is 43.4 Å². The van der Waals surface area contributed by atoms with Gasteiger partial charge in [-0.05, 0) is 36.3 Å². The smallest absolute Gasteiger partial charge is 0.0469 e. The summed E-state index contributed by atoms with van der Waals surface area (Å²) in [6.45, 7) is 3.94. The lowest BCUT2D eigenvalue weighted by Crippen LogP contribution is -2.27. The van der Waals surface area contributed by atoms with Crippen molar-refractivity contribution < 1.29 is 4.74 Å². The van der Waals surface area contributed by atoms with E-state index >= 15 is 0 Å². The molecule has 17 heavy (non-hydrogen) atoms. The van der Waals surface area contributed by atoms with Gasteiger partial charge in [-0.15, -0.1) is 0 Å². The molecule has 0 bridgehead atoms. The Bertz CT molecular complexity index is 327. The largest absolute Gasteiger partial charge is 0.381 e. The summed E-state index contributed by atoms with van der Waals surface area (Å²) in [6.07, 6.45) is 4.55. The molecule has 94 valence electrons. The zero-order chi connectivity index (χ0) is 12.1. The van der Waals surface area contributed by atoms with Gasteiger partial charge in [0.25, 0.3) is 0 Å². The molecule has 1 unspecified atom stereocenters. The van der Waals surface area contributed by atoms with Gasteiger partial charge in [0.05, 0.1) is 0 Å². The molecule has 1 aliphatic rings. The van der Waals surface area contributed by atoms with Crippen molar-refractivity contribution in [3.05, 3.63) is 35.4 Å². The molecule has 0 aromatic heterocycles. The van der Waals surface area contributed by atoms with Crippen molar-refractivity contribution in [1.29, 1.82) is 0 Å². The maximum absolute atomic E-state index is 6.34. The maximum Gasteiger partial charge on any atom is 0.0469 e. The molecular weight excluding hydrogens is 210 g/mol. The van der Waals surface area contributed by atoms with E-state index in [1.165, 1.54) is 17.5 Å². The molecule has 1 aromatic rings. The summed E-state index contributed by atoms with van der Waals surface area (Å²) in [5, 5.41) is 0. The first kappa shape index (κ1) is 12.6. The van der Waals surface area contributed by atoms with Gasteiger partial charge in [0.15, 0.2) is 0 Å². The minimum atomic E-state index is 0.176. The number of ether oxygens (including phenoxy) is 1. The van der Waals surface area contributed by atoms with Gasteiger partial charge < -0.3 is 10.5 Å². The Kier molecular flexibility index (Phi) is 4.57. The van der Waals surface area contributed by atoms with Gasteiger partial charge in [-0.1, -0.05) is 37.6 Å². The summed E-state index contributed by atoms with van der Waals surface area (Å²) < 4.78 is 5.38. The van der Waals surface area contributed by atoms with Crippen LogP contribution in [0.2, 0.25) is 0 Å². The summed E-state index contributed by atoms with van der Waals surface area (Å²) >= 11 is 0. The maximum atomic E-state index is 6.34. The SMILES string of the molecule is CCCc1ccc(C(N)C2CCOCC2)cc1. The van der Waals surface area contributed by atoms with Crippen molar-refractivity contribution in [2.24, 2.45) is 11.7 Å². The molecule has 1 aromatic carbocycles. The van der Waals surface area contributed by atoms with Crippen LogP contribution < -0.4 is 5.73 Å². The highest BCUT2D eigenvalue weighted by molar-refractivity contribution is 5.25. The molecule has 0 radical (unpaired) electrons. The quantitative estimate of drug-likeness (QED) is 0.867. The van der Waals surface area contributed by atoms with Crippen LogP contribution in [0.5, 0.6) is 0 Å². The average Bonchev–Trinajstić information content (AvgIpc) is 2.40. The van der Waals surface area contributed by atoms with Crippen molar-refractivity contribution in [3.63, 3.8) is 0 Å². The predicted molar refractivity (Wildman–Crippen MR) is 70.9 cm³/mol. The Morgan fingerprint density at radius 2 is 1.88 bits per heavy atom. The second-order valence-corrected chi connectivity index (χ2v) is 4.97. The molecular formula is C15H23NO. The Morgan fingerprint density at radius 1 is 1.24 bits per heavy atom. The molecule has 0 saturated carbocycles. The normalized spacial score (nSPS) is 19.2. The molecule has 0 spiro atoms. The predicted octanol–water partition coefficient (Wildman–Crippen LogP) is 3.07. The van der Waals surface area contributed by atoms with Gasteiger partial charge in [0.2, 0.25) is 0 Å². The van der Waals surface area contributed by atoms with Crippen LogP contribution in [0.4, 0.5) is 0 Å². The zero-order valence-electron chi connectivity index (χ0n) is 10.7. The fourth-order valence-corrected chi connectivity index (χ4v) is 2.54. The van der Waals surface area contributed by atoms with Gasteiger partial charge in [0, 0.05) is 19.3 Å². The first-order valence-electron chi connectivity index (χ1n) is 6.73. The first-order chi connectivity index (χ1) is 8.31. The van der Waals surface area contributed by atoms with Crippen LogP contribution in [0.25, 0.3) is 0 Å². The van der Waals surface area contributed by atoms with Crippen molar-refractivity contribution in [2.45, 2.75) is 38.6 Å². The number of benzene rings is 1. The van der Waals surface area contributed by atoms with E-state index in [0.29, 0.717) is 5.92 Å². The van der Waals surface area contributed by atoms with Crippen LogP contribution in [-0.4, -0.2) is 13.2 Å². The first-order valence-corrected chi connectivity index (χ1v) is 6.73. The summed E-state index contributed by atoms with van der Waals surface area (Å²) in [6, 6.07) is 9.02. The zero-order valence-corrected chi connectivity index (χ0v) is 10.7. The molecule has 2 nitrogen and oxygen atoms in total. The number of hydrogen-bond donors (Lipinski definition) is 1. The second-order valence-electron chi connectivity index (χ2n) is 4.97. The molecule has 1 heterocycles. The van der Waals surface area contributed by atoms with Crippen LogP contribution in [-0.2, 0) is 11.2 Å². The van der Waals surface area contributed by atoms with E-state index in [2.05, 4.69) is 31.2 Å². The topological polar surface area (TPSA) is 35.2 Å². The van der Waals surface area contributed by atoms with E-state index in [1.807, 2.05) is 0 Å². The average molecular weight is 233 g/mol. The third-order valence-electron chi connectivity index (χ3n) is 3.68. The molecule has 1 saturated heterocycles. The number of hydrogen-bond acceptors (Lipinski definition) is 2. The Morgan fingerprint density at radius 3 is 2.47 bits per heavy atom. The molecule has 2 rings (SSSR count). The van der Waals surface area contributed by atoms with Crippen LogP contribution >= 0.6 is 0 Å². The van der Waals surface area contributed by atoms with Gasteiger partial charge in [-0.25, -0.2) is 0 Å². The lowest BCUT2D eigenvalue weighted by Gasteiger charge is -2.28. The van der Waals surface area contributed by atoms with Crippen molar-refractivity contribution in [3.8, 4) is 0 Å². The summed E-state index contributed by atoms with van der Waals surface area (Å²) in [5.41, 5.74) is 9.03. The fourth-order valence-electron chi connectivity index (χ4n) is 2.54. The van der Waals surface area contributed by atoms with Gasteiger partial charge >= 0.3 is 0 Å². The van der Waals surface area contributed by atoms with Crippen LogP contribution in [0.15, 0.2) is 24.3 Å². The minimum absolute atomic E-state index is 0.176. The molecule has 0 aliphatic carbocycles. The van der Waals surface area contributed by atoms with Crippen molar-refractivity contribution >= 4 is 0 Å². The highest BCUT2D eigenvalue weighted by Gasteiger charge is 2.21. The van der Waals surface area contributed by atoms with Crippen molar-refractivity contribution in [2.75, 3.05) is 13.2 Å². The van der Waals surface area contributed by atoms with E-state index in [1.54, 1.807) is 0 Å². The number of aryl methyl sites for hydroxylation is 1. The summed E-state index contributed by atoms with van der Waals surface area (Å²) in [4.78, 5) is 0. The summed E-state index contributed by atoms with van der Waals surface area (Å²) in [7, 11) is 0. The fraction of sp³-hybridized carbons (Fsp3) is 0.600.